The zero-order chi connectivity index (χ0) is 16.9. The topological polar surface area (TPSA) is 54.0 Å². The summed E-state index contributed by atoms with van der Waals surface area (Å²) >= 11 is 0. The van der Waals surface area contributed by atoms with Gasteiger partial charge in [-0.1, -0.05) is 18.2 Å². The summed E-state index contributed by atoms with van der Waals surface area (Å²) in [6.45, 7) is 8.08. The molecule has 2 aliphatic heterocycles. The lowest BCUT2D eigenvalue weighted by molar-refractivity contribution is -0.321. The molecule has 5 atom stereocenters. The van der Waals surface area contributed by atoms with Crippen LogP contribution in [-0.4, -0.2) is 43.3 Å². The first kappa shape index (κ1) is 16.4. The van der Waals surface area contributed by atoms with E-state index in [1.807, 2.05) is 45.9 Å². The van der Waals surface area contributed by atoms with Crippen molar-refractivity contribution in [1.29, 1.82) is 0 Å². The molecule has 0 unspecified atom stereocenters. The minimum atomic E-state index is -0.885. The van der Waals surface area contributed by atoms with Gasteiger partial charge in [-0.05, 0) is 39.8 Å². The Labute approximate surface area is 136 Å². The summed E-state index contributed by atoms with van der Waals surface area (Å²) in [5.74, 6) is -1.24. The van der Waals surface area contributed by atoms with Crippen LogP contribution < -0.4 is 0 Å². The number of hydrogen-bond donors (Lipinski definition) is 0. The molecule has 0 spiro atoms. The predicted molar refractivity (Wildman–Crippen MR) is 84.1 cm³/mol. The van der Waals surface area contributed by atoms with Crippen molar-refractivity contribution >= 4 is 5.97 Å². The van der Waals surface area contributed by atoms with Gasteiger partial charge in [0.05, 0.1) is 23.7 Å². The Morgan fingerprint density at radius 1 is 1.22 bits per heavy atom. The number of benzene rings is 1. The molecule has 0 N–H and O–H groups in total. The molecule has 2 saturated heterocycles. The van der Waals surface area contributed by atoms with Crippen molar-refractivity contribution in [3.63, 3.8) is 0 Å². The first-order valence-electron chi connectivity index (χ1n) is 7.90. The summed E-state index contributed by atoms with van der Waals surface area (Å²) in [6, 6.07) is 8.99. The fraction of sp³-hybridized carbons (Fsp3) is 0.611. The van der Waals surface area contributed by atoms with Crippen LogP contribution in [0, 0.1) is 5.41 Å². The molecule has 0 aromatic heterocycles. The van der Waals surface area contributed by atoms with E-state index in [1.54, 1.807) is 19.2 Å². The predicted octanol–water partition coefficient (Wildman–Crippen LogP) is 2.79. The zero-order valence-electron chi connectivity index (χ0n) is 14.3. The first-order chi connectivity index (χ1) is 10.8. The second-order valence-electron chi connectivity index (χ2n) is 6.95. The molecule has 0 aliphatic carbocycles. The molecule has 2 bridgehead atoms. The number of fused-ring (bicyclic) bond motifs is 2. The summed E-state index contributed by atoms with van der Waals surface area (Å²) in [7, 11) is 1.61. The van der Waals surface area contributed by atoms with Gasteiger partial charge in [0, 0.05) is 7.11 Å². The van der Waals surface area contributed by atoms with E-state index in [-0.39, 0.29) is 12.1 Å². The van der Waals surface area contributed by atoms with Crippen LogP contribution in [0.15, 0.2) is 30.3 Å². The highest BCUT2D eigenvalue weighted by molar-refractivity contribution is 5.89. The van der Waals surface area contributed by atoms with Gasteiger partial charge < -0.3 is 18.9 Å². The van der Waals surface area contributed by atoms with Gasteiger partial charge in [-0.25, -0.2) is 4.79 Å². The first-order valence-corrected chi connectivity index (χ1v) is 7.90. The average Bonchev–Trinajstić information content (AvgIpc) is 2.70. The number of carbonyl (C=O) groups excluding carboxylic acids is 1. The fourth-order valence-electron chi connectivity index (χ4n) is 3.86. The second-order valence-corrected chi connectivity index (χ2v) is 6.95. The third-order valence-electron chi connectivity index (χ3n) is 5.63. The summed E-state index contributed by atoms with van der Waals surface area (Å²) < 4.78 is 23.7. The SMILES string of the molecule is CO[C@]1(C)OC[C@@]2(C)O[C@@H](C)[C@]1(C)[C@@H]2OC(=O)c1ccccc1. The highest BCUT2D eigenvalue weighted by Gasteiger charge is 2.72. The molecule has 2 aliphatic rings. The maximum atomic E-state index is 12.6. The molecule has 3 rings (SSSR count). The van der Waals surface area contributed by atoms with E-state index in [1.165, 1.54) is 0 Å². The number of esters is 1. The molecule has 0 amide bonds. The molecule has 5 heteroatoms. The zero-order valence-corrected chi connectivity index (χ0v) is 14.3. The van der Waals surface area contributed by atoms with E-state index >= 15 is 0 Å². The number of carbonyl (C=O) groups is 1. The van der Waals surface area contributed by atoms with Crippen molar-refractivity contribution in [3.8, 4) is 0 Å². The Morgan fingerprint density at radius 2 is 1.87 bits per heavy atom. The van der Waals surface area contributed by atoms with E-state index in [0.29, 0.717) is 12.2 Å². The van der Waals surface area contributed by atoms with Crippen LogP contribution in [0.2, 0.25) is 0 Å². The molecule has 5 nitrogen and oxygen atoms in total. The van der Waals surface area contributed by atoms with Crippen molar-refractivity contribution in [1.82, 2.24) is 0 Å². The monoisotopic (exact) mass is 320 g/mol. The second kappa shape index (κ2) is 5.30. The maximum absolute atomic E-state index is 12.6. The van der Waals surface area contributed by atoms with E-state index in [4.69, 9.17) is 18.9 Å². The molecule has 2 fully saturated rings. The van der Waals surface area contributed by atoms with Gasteiger partial charge in [-0.2, -0.15) is 0 Å². The summed E-state index contributed by atoms with van der Waals surface area (Å²) in [4.78, 5) is 12.6. The Balaban J connectivity index is 1.95. The van der Waals surface area contributed by atoms with Crippen molar-refractivity contribution in [2.24, 2.45) is 5.41 Å². The molecular formula is C18H24O5. The quantitative estimate of drug-likeness (QED) is 0.802. The third-order valence-corrected chi connectivity index (χ3v) is 5.63. The van der Waals surface area contributed by atoms with Crippen molar-refractivity contribution < 1.29 is 23.7 Å². The molecule has 1 aromatic rings. The van der Waals surface area contributed by atoms with E-state index < -0.39 is 22.9 Å². The fourth-order valence-corrected chi connectivity index (χ4v) is 3.86. The Bertz CT molecular complexity index is 603. The van der Waals surface area contributed by atoms with Crippen LogP contribution in [0.3, 0.4) is 0 Å². The Hall–Kier alpha value is -1.43. The van der Waals surface area contributed by atoms with Gasteiger partial charge in [0.1, 0.15) is 11.7 Å². The summed E-state index contributed by atoms with van der Waals surface area (Å²) in [5.41, 5.74) is -0.770. The summed E-state index contributed by atoms with van der Waals surface area (Å²) in [5, 5.41) is 0. The van der Waals surface area contributed by atoms with Gasteiger partial charge >= 0.3 is 5.97 Å². The number of rotatable bonds is 3. The van der Waals surface area contributed by atoms with Crippen molar-refractivity contribution in [3.05, 3.63) is 35.9 Å². The van der Waals surface area contributed by atoms with Gasteiger partial charge in [-0.15, -0.1) is 0 Å². The number of methoxy groups -OCH3 is 1. The van der Waals surface area contributed by atoms with Gasteiger partial charge in [0.2, 0.25) is 0 Å². The van der Waals surface area contributed by atoms with Gasteiger partial charge in [0.15, 0.2) is 5.79 Å². The minimum absolute atomic E-state index is 0.173. The van der Waals surface area contributed by atoms with Crippen LogP contribution in [0.1, 0.15) is 38.1 Å². The van der Waals surface area contributed by atoms with Gasteiger partial charge in [-0.3, -0.25) is 0 Å². The molecule has 1 aromatic carbocycles. The van der Waals surface area contributed by atoms with E-state index in [2.05, 4.69) is 0 Å². The molecule has 2 heterocycles. The van der Waals surface area contributed by atoms with Crippen LogP contribution in [-0.2, 0) is 18.9 Å². The molecule has 0 saturated carbocycles. The number of hydrogen-bond acceptors (Lipinski definition) is 5. The lowest BCUT2D eigenvalue weighted by Gasteiger charge is -2.51. The van der Waals surface area contributed by atoms with Crippen LogP contribution in [0.5, 0.6) is 0 Å². The molecule has 126 valence electrons. The normalized spacial score (nSPS) is 42.5. The van der Waals surface area contributed by atoms with E-state index in [0.717, 1.165) is 0 Å². The van der Waals surface area contributed by atoms with Crippen molar-refractivity contribution in [2.45, 2.75) is 51.3 Å². The van der Waals surface area contributed by atoms with E-state index in [9.17, 15) is 4.79 Å². The standard InChI is InChI=1S/C18H24O5/c1-12-17(3)15(22-14(19)13-9-7-6-8-10-13)16(2,23-12)11-21-18(17,4)20-5/h6-10,12,15H,11H2,1-5H3/t12-,15+,16+,17+,18+/m0/s1. The van der Waals surface area contributed by atoms with Crippen LogP contribution in [0.4, 0.5) is 0 Å². The smallest absolute Gasteiger partial charge is 0.338 e. The lowest BCUT2D eigenvalue weighted by atomic mass is 9.68. The number of ether oxygens (including phenoxy) is 4. The largest absolute Gasteiger partial charge is 0.455 e. The van der Waals surface area contributed by atoms with Crippen LogP contribution in [0.25, 0.3) is 0 Å². The highest BCUT2D eigenvalue weighted by atomic mass is 16.7. The Morgan fingerprint density at radius 3 is 2.48 bits per heavy atom. The Kier molecular flexibility index (Phi) is 3.78. The lowest BCUT2D eigenvalue weighted by Crippen LogP contribution is -2.65. The molecule has 0 radical (unpaired) electrons. The summed E-state index contributed by atoms with van der Waals surface area (Å²) in [6.07, 6.45) is -0.634. The maximum Gasteiger partial charge on any atom is 0.338 e. The minimum Gasteiger partial charge on any atom is -0.455 e. The average molecular weight is 320 g/mol. The van der Waals surface area contributed by atoms with Crippen LogP contribution >= 0.6 is 0 Å². The molecular weight excluding hydrogens is 296 g/mol. The third kappa shape index (κ3) is 2.22. The highest BCUT2D eigenvalue weighted by Crippen LogP contribution is 2.57. The molecule has 23 heavy (non-hydrogen) atoms. The van der Waals surface area contributed by atoms with Crippen molar-refractivity contribution in [2.75, 3.05) is 13.7 Å². The van der Waals surface area contributed by atoms with Gasteiger partial charge in [0.25, 0.3) is 0 Å².